The van der Waals surface area contributed by atoms with Crippen molar-refractivity contribution in [3.8, 4) is 0 Å². The fourth-order valence-electron chi connectivity index (χ4n) is 3.64. The number of carbonyl (C=O) groups is 1. The van der Waals surface area contributed by atoms with Crippen LogP contribution in [0.25, 0.3) is 0 Å². The maximum absolute atomic E-state index is 11.1. The number of likely N-dealkylation sites (tertiary alicyclic amines) is 1. The van der Waals surface area contributed by atoms with E-state index in [0.29, 0.717) is 18.6 Å². The van der Waals surface area contributed by atoms with Gasteiger partial charge in [0.05, 0.1) is 6.10 Å². The molecule has 5 nitrogen and oxygen atoms in total. The minimum atomic E-state index is -0.276. The highest BCUT2D eigenvalue weighted by Gasteiger charge is 2.23. The zero-order valence-corrected chi connectivity index (χ0v) is 14.2. The molecule has 3 N–H and O–H groups in total. The van der Waals surface area contributed by atoms with E-state index in [2.05, 4.69) is 22.5 Å². The molecule has 1 saturated carbocycles. The smallest absolute Gasteiger partial charge is 0.217 e. The average Bonchev–Trinajstić information content (AvgIpc) is 2.48. The molecule has 1 amide bonds. The summed E-state index contributed by atoms with van der Waals surface area (Å²) in [6.07, 6.45) is 6.48. The first-order chi connectivity index (χ1) is 10.5. The van der Waals surface area contributed by atoms with Gasteiger partial charge in [-0.15, -0.1) is 0 Å². The van der Waals surface area contributed by atoms with Crippen LogP contribution in [0.5, 0.6) is 0 Å². The van der Waals surface area contributed by atoms with Gasteiger partial charge in [0.2, 0.25) is 5.91 Å². The lowest BCUT2D eigenvalue weighted by atomic mass is 9.91. The second kappa shape index (κ2) is 8.85. The van der Waals surface area contributed by atoms with E-state index in [0.717, 1.165) is 51.2 Å². The summed E-state index contributed by atoms with van der Waals surface area (Å²) in [6, 6.07) is 0.830. The summed E-state index contributed by atoms with van der Waals surface area (Å²) in [5.74, 6) is 0.910. The maximum atomic E-state index is 11.1. The fourth-order valence-corrected chi connectivity index (χ4v) is 3.64. The van der Waals surface area contributed by atoms with Gasteiger partial charge < -0.3 is 20.6 Å². The molecule has 0 unspecified atom stereocenters. The number of hydrogen-bond acceptors (Lipinski definition) is 4. The van der Waals surface area contributed by atoms with Crippen LogP contribution in [-0.4, -0.2) is 60.3 Å². The van der Waals surface area contributed by atoms with Crippen molar-refractivity contribution in [1.29, 1.82) is 0 Å². The lowest BCUT2D eigenvalue weighted by Gasteiger charge is -2.33. The minimum Gasteiger partial charge on any atom is -0.390 e. The molecular formula is C17H33N3O2. The van der Waals surface area contributed by atoms with Crippen LogP contribution in [0, 0.1) is 5.92 Å². The summed E-state index contributed by atoms with van der Waals surface area (Å²) < 4.78 is 0. The highest BCUT2D eigenvalue weighted by atomic mass is 16.3. The van der Waals surface area contributed by atoms with Crippen molar-refractivity contribution < 1.29 is 9.90 Å². The van der Waals surface area contributed by atoms with Gasteiger partial charge in [0.15, 0.2) is 0 Å². The number of aliphatic hydroxyl groups excluding tert-OH is 1. The molecule has 0 radical (unpaired) electrons. The Hall–Kier alpha value is -0.650. The number of aliphatic hydroxyl groups is 1. The topological polar surface area (TPSA) is 64.6 Å². The van der Waals surface area contributed by atoms with Crippen molar-refractivity contribution in [1.82, 2.24) is 15.5 Å². The van der Waals surface area contributed by atoms with E-state index in [1.54, 1.807) is 6.92 Å². The monoisotopic (exact) mass is 311 g/mol. The van der Waals surface area contributed by atoms with Crippen LogP contribution in [-0.2, 0) is 4.79 Å². The zero-order valence-electron chi connectivity index (χ0n) is 14.2. The predicted molar refractivity (Wildman–Crippen MR) is 88.7 cm³/mol. The van der Waals surface area contributed by atoms with Crippen molar-refractivity contribution in [3.05, 3.63) is 0 Å². The molecule has 1 atom stereocenters. The first-order valence-electron chi connectivity index (χ1n) is 8.94. The third kappa shape index (κ3) is 6.23. The summed E-state index contributed by atoms with van der Waals surface area (Å²) in [4.78, 5) is 13.4. The Morgan fingerprint density at radius 3 is 2.32 bits per heavy atom. The number of nitrogens with zero attached hydrogens (tertiary/aromatic N) is 1. The summed E-state index contributed by atoms with van der Waals surface area (Å²) in [7, 11) is 0. The van der Waals surface area contributed by atoms with Crippen LogP contribution < -0.4 is 10.6 Å². The van der Waals surface area contributed by atoms with Gasteiger partial charge in [0, 0.05) is 32.1 Å². The van der Waals surface area contributed by atoms with Crippen molar-refractivity contribution in [2.45, 2.75) is 70.6 Å². The predicted octanol–water partition coefficient (Wildman–Crippen LogP) is 1.12. The van der Waals surface area contributed by atoms with Gasteiger partial charge in [0.1, 0.15) is 0 Å². The lowest BCUT2D eigenvalue weighted by molar-refractivity contribution is -0.119. The summed E-state index contributed by atoms with van der Waals surface area (Å²) in [5.41, 5.74) is 0. The van der Waals surface area contributed by atoms with Crippen LogP contribution in [0.1, 0.15) is 52.4 Å². The van der Waals surface area contributed by atoms with E-state index in [1.807, 2.05) is 0 Å². The van der Waals surface area contributed by atoms with Crippen LogP contribution in [0.4, 0.5) is 0 Å². The second-order valence-corrected chi connectivity index (χ2v) is 7.29. The molecular weight excluding hydrogens is 278 g/mol. The first kappa shape index (κ1) is 17.7. The van der Waals surface area contributed by atoms with Crippen LogP contribution >= 0.6 is 0 Å². The molecule has 0 aromatic heterocycles. The van der Waals surface area contributed by atoms with E-state index in [4.69, 9.17) is 0 Å². The third-order valence-electron chi connectivity index (χ3n) is 5.12. The van der Waals surface area contributed by atoms with E-state index in [1.165, 1.54) is 12.8 Å². The normalized spacial score (nSPS) is 29.2. The lowest BCUT2D eigenvalue weighted by Crippen LogP contribution is -2.46. The second-order valence-electron chi connectivity index (χ2n) is 7.29. The number of amides is 1. The quantitative estimate of drug-likeness (QED) is 0.688. The van der Waals surface area contributed by atoms with Gasteiger partial charge in [0.25, 0.3) is 0 Å². The summed E-state index contributed by atoms with van der Waals surface area (Å²) in [5, 5.41) is 16.7. The van der Waals surface area contributed by atoms with Gasteiger partial charge in [-0.25, -0.2) is 0 Å². The Morgan fingerprint density at radius 2 is 1.73 bits per heavy atom. The van der Waals surface area contributed by atoms with Crippen LogP contribution in [0.3, 0.4) is 0 Å². The largest absolute Gasteiger partial charge is 0.390 e. The average molecular weight is 311 g/mol. The van der Waals surface area contributed by atoms with Gasteiger partial charge in [-0.1, -0.05) is 6.92 Å². The maximum Gasteiger partial charge on any atom is 0.217 e. The number of β-amino-alcohol motifs (C(OH)–C–C–N with tert-alkyl or cyclic N) is 1. The number of hydrogen-bond donors (Lipinski definition) is 3. The third-order valence-corrected chi connectivity index (χ3v) is 5.12. The Morgan fingerprint density at radius 1 is 1.14 bits per heavy atom. The van der Waals surface area contributed by atoms with E-state index >= 15 is 0 Å². The Bertz CT molecular complexity index is 335. The Balaban J connectivity index is 1.57. The Labute approximate surface area is 134 Å². The molecule has 1 aliphatic heterocycles. The highest BCUT2D eigenvalue weighted by Crippen LogP contribution is 2.19. The van der Waals surface area contributed by atoms with Gasteiger partial charge in [-0.2, -0.15) is 0 Å². The molecule has 1 saturated heterocycles. The van der Waals surface area contributed by atoms with Crippen molar-refractivity contribution in [3.63, 3.8) is 0 Å². The number of rotatable bonds is 6. The van der Waals surface area contributed by atoms with Gasteiger partial charge in [-0.3, -0.25) is 4.79 Å². The van der Waals surface area contributed by atoms with Gasteiger partial charge >= 0.3 is 0 Å². The Kier molecular flexibility index (Phi) is 7.12. The first-order valence-corrected chi connectivity index (χ1v) is 8.94. The van der Waals surface area contributed by atoms with Crippen LogP contribution in [0.15, 0.2) is 0 Å². The molecule has 5 heteroatoms. The molecule has 1 heterocycles. The summed E-state index contributed by atoms with van der Waals surface area (Å²) in [6.45, 7) is 7.62. The van der Waals surface area contributed by atoms with Crippen LogP contribution in [0.2, 0.25) is 0 Å². The molecule has 0 bridgehead atoms. The van der Waals surface area contributed by atoms with E-state index in [-0.39, 0.29) is 12.0 Å². The number of piperidine rings is 1. The van der Waals surface area contributed by atoms with E-state index < -0.39 is 0 Å². The molecule has 0 aromatic carbocycles. The summed E-state index contributed by atoms with van der Waals surface area (Å²) >= 11 is 0. The number of carbonyl (C=O) groups excluding carboxylic acids is 1. The zero-order chi connectivity index (χ0) is 15.9. The van der Waals surface area contributed by atoms with Crippen molar-refractivity contribution in [2.75, 3.05) is 26.2 Å². The SMILES string of the molecule is CC(=O)NC1CCC(NC[C@@H](O)CN2CCC(C)CC2)CC1. The standard InChI is InChI=1S/C17H33N3O2/c1-13-7-9-20(10-8-13)12-17(22)11-18-15-3-5-16(6-4-15)19-14(2)21/h13,15-18,22H,3-12H2,1-2H3,(H,19,21)/t15?,16?,17-/m1/s1. The fraction of sp³-hybridized carbons (Fsp3) is 0.941. The van der Waals surface area contributed by atoms with Crippen molar-refractivity contribution in [2.24, 2.45) is 5.92 Å². The van der Waals surface area contributed by atoms with Crippen molar-refractivity contribution >= 4 is 5.91 Å². The van der Waals surface area contributed by atoms with E-state index in [9.17, 15) is 9.90 Å². The molecule has 2 aliphatic rings. The highest BCUT2D eigenvalue weighted by molar-refractivity contribution is 5.73. The minimum absolute atomic E-state index is 0.0719. The van der Waals surface area contributed by atoms with Gasteiger partial charge in [-0.05, 0) is 57.5 Å². The molecule has 0 aromatic rings. The molecule has 22 heavy (non-hydrogen) atoms. The molecule has 2 rings (SSSR count). The molecule has 2 fully saturated rings. The molecule has 1 aliphatic carbocycles. The number of nitrogens with one attached hydrogen (secondary N) is 2. The molecule has 128 valence electrons. The molecule has 0 spiro atoms.